The van der Waals surface area contributed by atoms with E-state index in [2.05, 4.69) is 0 Å². The largest absolute Gasteiger partial charge is 0.457 e. The molecular formula is C27H13Cl2F13INO2. The number of hydrogen-bond donors (Lipinski definition) is 0. The number of rotatable bonds is 7. The van der Waals surface area contributed by atoms with Crippen LogP contribution < -0.4 is 4.90 Å². The van der Waals surface area contributed by atoms with Crippen molar-refractivity contribution in [2.45, 2.75) is 36.5 Å². The molecule has 3 aromatic carbocycles. The zero-order valence-electron chi connectivity index (χ0n) is 22.1. The van der Waals surface area contributed by atoms with E-state index in [-0.39, 0.29) is 21.7 Å². The fourth-order valence-corrected chi connectivity index (χ4v) is 5.28. The molecule has 0 spiro atoms. The summed E-state index contributed by atoms with van der Waals surface area (Å²) in [5.74, 6) is -11.1. The zero-order valence-corrected chi connectivity index (χ0v) is 25.8. The van der Waals surface area contributed by atoms with Gasteiger partial charge in [-0.1, -0.05) is 29.3 Å². The number of carbonyl (C=O) groups excluding carboxylic acids is 2. The van der Waals surface area contributed by atoms with E-state index in [1.807, 2.05) is 0 Å². The SMILES string of the molecule is CN(C(=O)c1ccc(Cl)c(Cl)c1)c1cccc(C(=O)Cc2c(I)cc(C(F)(C(F)(F)F)C(F)(F)C(F)(F)F)cc2C(F)(F)F)c1F. The van der Waals surface area contributed by atoms with E-state index in [1.165, 1.54) is 12.1 Å². The highest BCUT2D eigenvalue weighted by molar-refractivity contribution is 14.1. The van der Waals surface area contributed by atoms with Gasteiger partial charge in [0.05, 0.1) is 26.9 Å². The minimum atomic E-state index is -7.26. The Balaban J connectivity index is 2.12. The Morgan fingerprint density at radius 2 is 1.39 bits per heavy atom. The first-order valence-corrected chi connectivity index (χ1v) is 13.8. The average molecular weight is 828 g/mol. The van der Waals surface area contributed by atoms with Crippen LogP contribution in [0.15, 0.2) is 48.5 Å². The molecule has 0 N–H and O–H groups in total. The molecule has 1 unspecified atom stereocenters. The van der Waals surface area contributed by atoms with Gasteiger partial charge >= 0.3 is 30.1 Å². The van der Waals surface area contributed by atoms with Crippen molar-refractivity contribution < 1.29 is 66.7 Å². The summed E-state index contributed by atoms with van der Waals surface area (Å²) < 4.78 is 178. The van der Waals surface area contributed by atoms with Crippen LogP contribution >= 0.6 is 45.8 Å². The fourth-order valence-electron chi connectivity index (χ4n) is 4.17. The van der Waals surface area contributed by atoms with Crippen molar-refractivity contribution in [3.05, 3.63) is 95.8 Å². The lowest BCUT2D eigenvalue weighted by Gasteiger charge is -2.36. The van der Waals surface area contributed by atoms with Crippen molar-refractivity contribution in [3.8, 4) is 0 Å². The van der Waals surface area contributed by atoms with E-state index in [1.54, 1.807) is 0 Å². The minimum absolute atomic E-state index is 0.0474. The lowest BCUT2D eigenvalue weighted by molar-refractivity contribution is -0.389. The highest BCUT2D eigenvalue weighted by atomic mass is 127. The Labute approximate surface area is 273 Å². The summed E-state index contributed by atoms with van der Waals surface area (Å²) in [5.41, 5.74) is -14.7. The summed E-state index contributed by atoms with van der Waals surface area (Å²) in [4.78, 5) is 26.6. The first-order valence-electron chi connectivity index (χ1n) is 11.9. The Kier molecular flexibility index (Phi) is 10.4. The van der Waals surface area contributed by atoms with Gasteiger partial charge in [-0.3, -0.25) is 9.59 Å². The number of benzene rings is 3. The highest BCUT2D eigenvalue weighted by Crippen LogP contribution is 2.59. The number of hydrogen-bond acceptors (Lipinski definition) is 2. The van der Waals surface area contributed by atoms with Crippen molar-refractivity contribution in [3.63, 3.8) is 0 Å². The predicted molar refractivity (Wildman–Crippen MR) is 148 cm³/mol. The highest BCUT2D eigenvalue weighted by Gasteiger charge is 2.82. The second kappa shape index (κ2) is 12.7. The summed E-state index contributed by atoms with van der Waals surface area (Å²) in [6.45, 7) is 0. The Hall–Kier alpha value is -2.80. The molecule has 0 fully saturated rings. The lowest BCUT2D eigenvalue weighted by Crippen LogP contribution is -2.59. The molecule has 46 heavy (non-hydrogen) atoms. The van der Waals surface area contributed by atoms with Crippen LogP contribution in [-0.4, -0.2) is 37.0 Å². The summed E-state index contributed by atoms with van der Waals surface area (Å²) in [5, 5.41) is 0.0268. The van der Waals surface area contributed by atoms with Crippen LogP contribution in [0.4, 0.5) is 62.8 Å². The number of Topliss-reactive ketones (excluding diaryl/α,β-unsaturated/α-hetero) is 1. The molecule has 0 bridgehead atoms. The van der Waals surface area contributed by atoms with Crippen molar-refractivity contribution in [2.75, 3.05) is 11.9 Å². The Morgan fingerprint density at radius 3 is 1.89 bits per heavy atom. The molecule has 0 heterocycles. The molecular weight excluding hydrogens is 815 g/mol. The average Bonchev–Trinajstić information content (AvgIpc) is 2.92. The van der Waals surface area contributed by atoms with Gasteiger partial charge in [0.1, 0.15) is 0 Å². The fraction of sp³-hybridized carbons (Fsp3) is 0.259. The maximum absolute atomic E-state index is 15.5. The van der Waals surface area contributed by atoms with Gasteiger partial charge in [0.15, 0.2) is 11.6 Å². The standard InChI is InChI=1S/C27H13Cl2F13INO2/c1-44(22(46)11-5-6-16(28)17(29)7-11)19-4-2-3-13(21(19)30)20(45)10-14-15(24(32,33)34)8-12(9-18(14)43)23(31,26(37,38)39)25(35,36)27(40,41)42/h2-9H,10H2,1H3. The van der Waals surface area contributed by atoms with Crippen molar-refractivity contribution in [2.24, 2.45) is 0 Å². The monoisotopic (exact) mass is 827 g/mol. The third kappa shape index (κ3) is 6.77. The predicted octanol–water partition coefficient (Wildman–Crippen LogP) is 10.4. The second-order valence-electron chi connectivity index (χ2n) is 9.44. The van der Waals surface area contributed by atoms with Crippen LogP contribution in [-0.2, 0) is 18.3 Å². The van der Waals surface area contributed by atoms with Gasteiger partial charge in [-0.2, -0.15) is 48.3 Å². The summed E-state index contributed by atoms with van der Waals surface area (Å²) in [6, 6.07) is 5.14. The van der Waals surface area contributed by atoms with Gasteiger partial charge < -0.3 is 4.90 Å². The van der Waals surface area contributed by atoms with Gasteiger partial charge in [0.2, 0.25) is 0 Å². The maximum atomic E-state index is 15.5. The van der Waals surface area contributed by atoms with E-state index in [0.29, 0.717) is 4.90 Å². The first-order chi connectivity index (χ1) is 20.8. The smallest absolute Gasteiger partial charge is 0.309 e. The molecule has 3 rings (SSSR count). The van der Waals surface area contributed by atoms with Crippen molar-refractivity contribution in [1.82, 2.24) is 0 Å². The molecule has 0 aliphatic heterocycles. The molecule has 0 aliphatic carbocycles. The summed E-state index contributed by atoms with van der Waals surface area (Å²) in [6.07, 6.45) is -21.6. The number of amides is 1. The third-order valence-electron chi connectivity index (χ3n) is 6.53. The molecule has 3 nitrogen and oxygen atoms in total. The molecule has 0 saturated heterocycles. The molecule has 3 aromatic rings. The second-order valence-corrected chi connectivity index (χ2v) is 11.4. The number of alkyl halides is 12. The summed E-state index contributed by atoms with van der Waals surface area (Å²) >= 11 is 12.5. The topological polar surface area (TPSA) is 37.4 Å². The number of carbonyl (C=O) groups is 2. The van der Waals surface area contributed by atoms with Crippen LogP contribution in [0.5, 0.6) is 0 Å². The Bertz CT molecular complexity index is 1690. The number of anilines is 1. The molecule has 250 valence electrons. The van der Waals surface area contributed by atoms with Gasteiger partial charge in [0.25, 0.3) is 5.91 Å². The van der Waals surface area contributed by atoms with E-state index >= 15 is 4.39 Å². The molecule has 1 amide bonds. The van der Waals surface area contributed by atoms with Crippen LogP contribution in [0.1, 0.15) is 37.4 Å². The molecule has 0 radical (unpaired) electrons. The number of ketones is 1. The van der Waals surface area contributed by atoms with Gasteiger partial charge in [-0.15, -0.1) is 0 Å². The normalized spacial score (nSPS) is 14.2. The lowest BCUT2D eigenvalue weighted by atomic mass is 9.85. The molecule has 0 aromatic heterocycles. The third-order valence-corrected chi connectivity index (χ3v) is 8.23. The molecule has 1 atom stereocenters. The number of nitrogens with zero attached hydrogens (tertiary/aromatic N) is 1. The van der Waals surface area contributed by atoms with Crippen LogP contribution in [0, 0.1) is 9.39 Å². The van der Waals surface area contributed by atoms with E-state index in [0.717, 1.165) is 53.9 Å². The zero-order chi connectivity index (χ0) is 35.4. The van der Waals surface area contributed by atoms with Crippen molar-refractivity contribution >= 4 is 63.2 Å². The minimum Gasteiger partial charge on any atom is -0.309 e. The molecule has 0 saturated carbocycles. The summed E-state index contributed by atoms with van der Waals surface area (Å²) in [7, 11) is 1.06. The van der Waals surface area contributed by atoms with E-state index < -0.39 is 91.6 Å². The van der Waals surface area contributed by atoms with E-state index in [4.69, 9.17) is 23.2 Å². The van der Waals surface area contributed by atoms with Crippen LogP contribution in [0.25, 0.3) is 0 Å². The van der Waals surface area contributed by atoms with Crippen LogP contribution in [0.3, 0.4) is 0 Å². The van der Waals surface area contributed by atoms with Crippen molar-refractivity contribution in [1.29, 1.82) is 0 Å². The molecule has 0 aliphatic rings. The maximum Gasteiger partial charge on any atom is 0.457 e. The van der Waals surface area contributed by atoms with Gasteiger partial charge in [-0.05, 0) is 70.6 Å². The Morgan fingerprint density at radius 1 is 0.804 bits per heavy atom. The van der Waals surface area contributed by atoms with Crippen LogP contribution in [0.2, 0.25) is 10.0 Å². The quantitative estimate of drug-likeness (QED) is 0.135. The van der Waals surface area contributed by atoms with E-state index in [9.17, 15) is 62.3 Å². The molecule has 19 heteroatoms. The van der Waals surface area contributed by atoms with Gasteiger partial charge in [0, 0.05) is 28.2 Å². The number of halogens is 16. The van der Waals surface area contributed by atoms with Gasteiger partial charge in [-0.25, -0.2) is 8.78 Å². The first kappa shape index (κ1) is 37.7.